The van der Waals surface area contributed by atoms with Crippen molar-refractivity contribution in [2.24, 2.45) is 5.14 Å². The number of anilines is 1. The Labute approximate surface area is 193 Å². The molecule has 1 atom stereocenters. The molecule has 0 fully saturated rings. The van der Waals surface area contributed by atoms with Gasteiger partial charge in [-0.05, 0) is 68.3 Å². The van der Waals surface area contributed by atoms with Gasteiger partial charge in [-0.1, -0.05) is 13.0 Å². The maximum absolute atomic E-state index is 12.3. The Balaban J connectivity index is 1.96. The standard InChI is InChI=1S/C23H28N2O7S/c1-4-14-31-20-12-6-17(15-21(20)30-5-2)7-13-22(26)32-16(3)23(27)25-18-8-10-19(11-9-18)33(24,28)29/h6-13,15-16H,4-5,14H2,1-3H3,(H,25,27)(H2,24,28,29)/b13-7+. The predicted octanol–water partition coefficient (Wildman–Crippen LogP) is 3.11. The predicted molar refractivity (Wildman–Crippen MR) is 124 cm³/mol. The van der Waals surface area contributed by atoms with Crippen LogP contribution in [0.4, 0.5) is 5.69 Å². The van der Waals surface area contributed by atoms with Crippen molar-refractivity contribution in [2.75, 3.05) is 18.5 Å². The summed E-state index contributed by atoms with van der Waals surface area (Å²) >= 11 is 0. The van der Waals surface area contributed by atoms with Crippen molar-refractivity contribution in [1.29, 1.82) is 0 Å². The third-order valence-electron chi connectivity index (χ3n) is 4.25. The smallest absolute Gasteiger partial charge is 0.331 e. The van der Waals surface area contributed by atoms with Crippen LogP contribution in [0.15, 0.2) is 53.4 Å². The van der Waals surface area contributed by atoms with Crippen molar-refractivity contribution in [3.05, 3.63) is 54.1 Å². The number of benzene rings is 2. The van der Waals surface area contributed by atoms with Crippen LogP contribution in [0.25, 0.3) is 6.08 Å². The Bertz CT molecular complexity index is 1100. The van der Waals surface area contributed by atoms with E-state index in [4.69, 9.17) is 19.3 Å². The van der Waals surface area contributed by atoms with Crippen LogP contribution < -0.4 is 19.9 Å². The zero-order valence-corrected chi connectivity index (χ0v) is 19.6. The first-order valence-corrected chi connectivity index (χ1v) is 11.9. The number of carbonyl (C=O) groups excluding carboxylic acids is 2. The molecule has 3 N–H and O–H groups in total. The molecule has 0 heterocycles. The molecule has 0 aliphatic heterocycles. The normalized spacial score (nSPS) is 12.2. The van der Waals surface area contributed by atoms with Gasteiger partial charge in [0.2, 0.25) is 10.0 Å². The molecule has 0 aliphatic carbocycles. The van der Waals surface area contributed by atoms with Gasteiger partial charge in [0, 0.05) is 11.8 Å². The zero-order chi connectivity index (χ0) is 24.4. The summed E-state index contributed by atoms with van der Waals surface area (Å²) < 4.78 is 38.9. The molecule has 33 heavy (non-hydrogen) atoms. The van der Waals surface area contributed by atoms with E-state index in [9.17, 15) is 18.0 Å². The van der Waals surface area contributed by atoms with Crippen LogP contribution in [0.2, 0.25) is 0 Å². The van der Waals surface area contributed by atoms with Crippen LogP contribution >= 0.6 is 0 Å². The molecule has 9 nitrogen and oxygen atoms in total. The van der Waals surface area contributed by atoms with Crippen LogP contribution in [0, 0.1) is 0 Å². The van der Waals surface area contributed by atoms with E-state index in [0.717, 1.165) is 6.42 Å². The van der Waals surface area contributed by atoms with E-state index in [2.05, 4.69) is 5.32 Å². The molecular weight excluding hydrogens is 448 g/mol. The number of rotatable bonds is 11. The van der Waals surface area contributed by atoms with E-state index < -0.39 is 28.0 Å². The van der Waals surface area contributed by atoms with Crippen LogP contribution in [0.3, 0.4) is 0 Å². The van der Waals surface area contributed by atoms with Crippen molar-refractivity contribution < 1.29 is 32.2 Å². The van der Waals surface area contributed by atoms with Gasteiger partial charge in [0.15, 0.2) is 17.6 Å². The lowest BCUT2D eigenvalue weighted by atomic mass is 10.2. The van der Waals surface area contributed by atoms with Crippen molar-refractivity contribution in [1.82, 2.24) is 0 Å². The van der Waals surface area contributed by atoms with Gasteiger partial charge in [-0.2, -0.15) is 0 Å². The Morgan fingerprint density at radius 2 is 1.76 bits per heavy atom. The number of primary sulfonamides is 1. The fraction of sp³-hybridized carbons (Fsp3) is 0.304. The zero-order valence-electron chi connectivity index (χ0n) is 18.7. The number of carbonyl (C=O) groups is 2. The molecule has 0 radical (unpaired) electrons. The van der Waals surface area contributed by atoms with Crippen molar-refractivity contribution in [3.63, 3.8) is 0 Å². The van der Waals surface area contributed by atoms with Crippen molar-refractivity contribution in [3.8, 4) is 11.5 Å². The minimum atomic E-state index is -3.83. The van der Waals surface area contributed by atoms with E-state index in [1.54, 1.807) is 24.3 Å². The van der Waals surface area contributed by atoms with Gasteiger partial charge >= 0.3 is 5.97 Å². The van der Waals surface area contributed by atoms with Crippen molar-refractivity contribution >= 4 is 33.7 Å². The Hall–Kier alpha value is -3.37. The van der Waals surface area contributed by atoms with E-state index in [-0.39, 0.29) is 4.90 Å². The quantitative estimate of drug-likeness (QED) is 0.376. The summed E-state index contributed by atoms with van der Waals surface area (Å²) in [5.74, 6) is -0.0777. The Morgan fingerprint density at radius 3 is 2.36 bits per heavy atom. The molecule has 0 saturated carbocycles. The third-order valence-corrected chi connectivity index (χ3v) is 5.18. The molecule has 2 rings (SSSR count). The number of esters is 1. The van der Waals surface area contributed by atoms with Gasteiger partial charge in [0.25, 0.3) is 5.91 Å². The van der Waals surface area contributed by atoms with Gasteiger partial charge in [-0.15, -0.1) is 0 Å². The Morgan fingerprint density at radius 1 is 1.06 bits per heavy atom. The van der Waals surface area contributed by atoms with Crippen LogP contribution in [0.1, 0.15) is 32.8 Å². The monoisotopic (exact) mass is 476 g/mol. The summed E-state index contributed by atoms with van der Waals surface area (Å²) in [6.07, 6.45) is 2.54. The van der Waals surface area contributed by atoms with Crippen LogP contribution in [-0.2, 0) is 24.3 Å². The summed E-state index contributed by atoms with van der Waals surface area (Å²) in [6.45, 7) is 6.33. The number of sulfonamides is 1. The fourth-order valence-electron chi connectivity index (χ4n) is 2.63. The minimum Gasteiger partial charge on any atom is -0.490 e. The van der Waals surface area contributed by atoms with Crippen LogP contribution in [-0.4, -0.2) is 39.6 Å². The highest BCUT2D eigenvalue weighted by Crippen LogP contribution is 2.29. The largest absolute Gasteiger partial charge is 0.490 e. The fourth-order valence-corrected chi connectivity index (χ4v) is 3.15. The molecule has 0 aliphatic rings. The highest BCUT2D eigenvalue weighted by atomic mass is 32.2. The Kier molecular flexibility index (Phi) is 9.43. The average Bonchev–Trinajstić information content (AvgIpc) is 2.77. The SMILES string of the molecule is CCCOc1ccc(/C=C/C(=O)OC(C)C(=O)Nc2ccc(S(N)(=O)=O)cc2)cc1OCC. The lowest BCUT2D eigenvalue weighted by Gasteiger charge is -2.13. The molecule has 1 unspecified atom stereocenters. The van der Waals surface area contributed by atoms with E-state index >= 15 is 0 Å². The summed E-state index contributed by atoms with van der Waals surface area (Å²) in [4.78, 5) is 24.3. The second-order valence-corrected chi connectivity index (χ2v) is 8.52. The number of amides is 1. The highest BCUT2D eigenvalue weighted by molar-refractivity contribution is 7.89. The second kappa shape index (κ2) is 12.0. The summed E-state index contributed by atoms with van der Waals surface area (Å²) in [5.41, 5.74) is 1.03. The molecule has 0 bridgehead atoms. The van der Waals surface area contributed by atoms with Gasteiger partial charge in [-0.3, -0.25) is 4.79 Å². The molecule has 10 heteroatoms. The van der Waals surface area contributed by atoms with E-state index in [1.807, 2.05) is 13.8 Å². The van der Waals surface area contributed by atoms with Gasteiger partial charge in [0.1, 0.15) is 0 Å². The summed E-state index contributed by atoms with van der Waals surface area (Å²) in [6, 6.07) is 10.6. The second-order valence-electron chi connectivity index (χ2n) is 6.96. The maximum atomic E-state index is 12.3. The molecular formula is C23H28N2O7S. The maximum Gasteiger partial charge on any atom is 0.331 e. The first kappa shape index (κ1) is 25.9. The molecule has 178 valence electrons. The van der Waals surface area contributed by atoms with Gasteiger partial charge in [0.05, 0.1) is 18.1 Å². The highest BCUT2D eigenvalue weighted by Gasteiger charge is 2.17. The average molecular weight is 477 g/mol. The van der Waals surface area contributed by atoms with Gasteiger partial charge in [-0.25, -0.2) is 18.4 Å². The third kappa shape index (κ3) is 8.24. The van der Waals surface area contributed by atoms with E-state index in [1.165, 1.54) is 37.3 Å². The first-order valence-electron chi connectivity index (χ1n) is 10.4. The number of nitrogens with one attached hydrogen (secondary N) is 1. The van der Waals surface area contributed by atoms with Gasteiger partial charge < -0.3 is 19.5 Å². The topological polar surface area (TPSA) is 134 Å². The lowest BCUT2D eigenvalue weighted by molar-refractivity contribution is -0.148. The molecule has 0 aromatic heterocycles. The van der Waals surface area contributed by atoms with Crippen LogP contribution in [0.5, 0.6) is 11.5 Å². The molecule has 1 amide bonds. The first-order chi connectivity index (χ1) is 15.6. The molecule has 2 aromatic carbocycles. The molecule has 2 aromatic rings. The number of hydrogen-bond acceptors (Lipinski definition) is 7. The minimum absolute atomic E-state index is 0.0810. The summed E-state index contributed by atoms with van der Waals surface area (Å²) in [5, 5.41) is 7.58. The van der Waals surface area contributed by atoms with Crippen molar-refractivity contribution in [2.45, 2.75) is 38.2 Å². The summed E-state index contributed by atoms with van der Waals surface area (Å²) in [7, 11) is -3.83. The molecule has 0 spiro atoms. The van der Waals surface area contributed by atoms with E-state index in [0.29, 0.717) is 36.0 Å². The number of nitrogens with two attached hydrogens (primary N) is 1. The molecule has 0 saturated heterocycles. The number of hydrogen-bond donors (Lipinski definition) is 2. The lowest BCUT2D eigenvalue weighted by Crippen LogP contribution is -2.29. The number of ether oxygens (including phenoxy) is 3.